The number of morpholine rings is 1. The number of aromatic amines is 1. The molecular weight excluding hydrogens is 461 g/mol. The monoisotopic (exact) mass is 482 g/mol. The smallest absolute Gasteiger partial charge is 0.364 e. The van der Waals surface area contributed by atoms with Crippen LogP contribution in [-0.4, -0.2) is 49.2 Å². The van der Waals surface area contributed by atoms with Crippen molar-refractivity contribution in [2.24, 2.45) is 0 Å². The minimum absolute atomic E-state index is 0.0717. The summed E-state index contributed by atoms with van der Waals surface area (Å²) in [7, 11) is -4.74. The Bertz CT molecular complexity index is 1450. The van der Waals surface area contributed by atoms with Crippen molar-refractivity contribution in [3.8, 4) is 11.3 Å². The lowest BCUT2D eigenvalue weighted by molar-refractivity contribution is 0.123. The third-order valence-electron chi connectivity index (χ3n) is 5.62. The summed E-state index contributed by atoms with van der Waals surface area (Å²) in [5.41, 5.74) is 8.87. The SMILES string of the molecule is Nc1cc(N2CCOCC2)c2cc(-c3[nH][c]cc3N(c3ccc(F)cc3)S(=O)(=O)O)ccc2n1. The summed E-state index contributed by atoms with van der Waals surface area (Å²) in [6.45, 7) is 2.59. The van der Waals surface area contributed by atoms with Gasteiger partial charge in [0.1, 0.15) is 11.6 Å². The van der Waals surface area contributed by atoms with Crippen LogP contribution in [0.25, 0.3) is 22.2 Å². The zero-order valence-electron chi connectivity index (χ0n) is 17.9. The maximum absolute atomic E-state index is 13.4. The Hall–Kier alpha value is -3.67. The maximum Gasteiger partial charge on any atom is 0.364 e. The van der Waals surface area contributed by atoms with Crippen molar-refractivity contribution >= 4 is 44.1 Å². The van der Waals surface area contributed by atoms with Crippen LogP contribution in [-0.2, 0) is 15.0 Å². The predicted octanol–water partition coefficient (Wildman–Crippen LogP) is 3.53. The molecular formula is C23H21FN5O4S. The molecule has 175 valence electrons. The quantitative estimate of drug-likeness (QED) is 0.372. The van der Waals surface area contributed by atoms with Crippen LogP contribution in [0, 0.1) is 12.0 Å². The third-order valence-corrected chi connectivity index (χ3v) is 6.49. The number of fused-ring (bicyclic) bond motifs is 1. The van der Waals surface area contributed by atoms with E-state index in [0.717, 1.165) is 27.5 Å². The summed E-state index contributed by atoms with van der Waals surface area (Å²) < 4.78 is 54.3. The van der Waals surface area contributed by atoms with Gasteiger partial charge in [-0.15, -0.1) is 0 Å². The molecule has 1 aliphatic heterocycles. The molecule has 0 spiro atoms. The zero-order valence-corrected chi connectivity index (χ0v) is 18.7. The first-order valence-electron chi connectivity index (χ1n) is 10.5. The van der Waals surface area contributed by atoms with Gasteiger partial charge in [0.2, 0.25) is 0 Å². The van der Waals surface area contributed by atoms with Crippen LogP contribution in [0.4, 0.5) is 27.3 Å². The summed E-state index contributed by atoms with van der Waals surface area (Å²) in [6.07, 6.45) is 2.79. The van der Waals surface area contributed by atoms with Gasteiger partial charge < -0.3 is 20.4 Å². The van der Waals surface area contributed by atoms with Gasteiger partial charge in [-0.1, -0.05) is 6.07 Å². The second kappa shape index (κ2) is 8.60. The van der Waals surface area contributed by atoms with Gasteiger partial charge in [-0.05, 0) is 42.5 Å². The van der Waals surface area contributed by atoms with Crippen molar-refractivity contribution in [3.05, 3.63) is 66.6 Å². The van der Waals surface area contributed by atoms with Gasteiger partial charge in [-0.25, -0.2) is 13.7 Å². The second-order valence-corrected chi connectivity index (χ2v) is 9.05. The third kappa shape index (κ3) is 4.16. The van der Waals surface area contributed by atoms with Gasteiger partial charge in [0.05, 0.1) is 42.0 Å². The Labute approximate surface area is 195 Å². The molecule has 0 amide bonds. The van der Waals surface area contributed by atoms with Crippen molar-refractivity contribution in [3.63, 3.8) is 0 Å². The largest absolute Gasteiger partial charge is 0.384 e. The number of H-pyrrole nitrogens is 1. The van der Waals surface area contributed by atoms with Crippen LogP contribution in [0.2, 0.25) is 0 Å². The van der Waals surface area contributed by atoms with Crippen molar-refractivity contribution in [2.45, 2.75) is 0 Å². The fourth-order valence-corrected chi connectivity index (χ4v) is 4.90. The molecule has 0 atom stereocenters. The van der Waals surface area contributed by atoms with Crippen LogP contribution in [0.15, 0.2) is 54.6 Å². The number of anilines is 4. The molecule has 9 nitrogen and oxygen atoms in total. The first-order chi connectivity index (χ1) is 16.3. The average molecular weight is 483 g/mol. The minimum Gasteiger partial charge on any atom is -0.384 e. The van der Waals surface area contributed by atoms with Crippen molar-refractivity contribution in [2.75, 3.05) is 41.2 Å². The van der Waals surface area contributed by atoms with E-state index in [0.29, 0.717) is 48.9 Å². The van der Waals surface area contributed by atoms with Gasteiger partial charge in [-0.2, -0.15) is 8.42 Å². The van der Waals surface area contributed by atoms with E-state index in [1.54, 1.807) is 12.1 Å². The molecule has 5 rings (SSSR count). The number of pyridine rings is 1. The number of nitrogen functional groups attached to an aromatic ring is 1. The lowest BCUT2D eigenvalue weighted by Gasteiger charge is -2.30. The van der Waals surface area contributed by atoms with Gasteiger partial charge in [0.25, 0.3) is 0 Å². The van der Waals surface area contributed by atoms with Crippen LogP contribution in [0.3, 0.4) is 0 Å². The van der Waals surface area contributed by atoms with Crippen molar-refractivity contribution < 1.29 is 22.1 Å². The van der Waals surface area contributed by atoms with E-state index in [1.807, 2.05) is 12.1 Å². The second-order valence-electron chi connectivity index (χ2n) is 7.79. The molecule has 4 aromatic rings. The summed E-state index contributed by atoms with van der Waals surface area (Å²) in [5.74, 6) is -0.138. The topological polar surface area (TPSA) is 125 Å². The Balaban J connectivity index is 1.65. The molecule has 4 N–H and O–H groups in total. The van der Waals surface area contributed by atoms with E-state index in [9.17, 15) is 17.4 Å². The van der Waals surface area contributed by atoms with E-state index in [1.165, 1.54) is 18.2 Å². The van der Waals surface area contributed by atoms with E-state index >= 15 is 0 Å². The fourth-order valence-electron chi connectivity index (χ4n) is 4.12. The molecule has 1 aliphatic rings. The Morgan fingerprint density at radius 2 is 1.88 bits per heavy atom. The average Bonchev–Trinajstić information content (AvgIpc) is 3.28. The number of aromatic nitrogens is 2. The van der Waals surface area contributed by atoms with Crippen LogP contribution >= 0.6 is 0 Å². The standard InChI is InChI=1S/C23H21FN5O4S/c24-16-2-4-17(5-3-16)29(34(30,31)32)20-7-8-26-23(20)15-1-6-19-18(13-15)21(14-22(25)27-19)28-9-11-33-12-10-28/h1-7,13-14,26H,9-12H2,(H2,25,27)(H,30,31,32). The van der Waals surface area contributed by atoms with Gasteiger partial charge in [0.15, 0.2) is 0 Å². The molecule has 11 heteroatoms. The molecule has 2 aromatic heterocycles. The van der Waals surface area contributed by atoms with Crippen LogP contribution in [0.1, 0.15) is 0 Å². The zero-order chi connectivity index (χ0) is 23.9. The number of nitrogens with zero attached hydrogens (tertiary/aromatic N) is 3. The molecule has 34 heavy (non-hydrogen) atoms. The molecule has 3 heterocycles. The van der Waals surface area contributed by atoms with Crippen LogP contribution < -0.4 is 14.9 Å². The number of nitrogens with two attached hydrogens (primary N) is 1. The fraction of sp³-hybridized carbons (Fsp3) is 0.174. The maximum atomic E-state index is 13.4. The molecule has 1 radical (unpaired) electrons. The van der Waals surface area contributed by atoms with Gasteiger partial charge in [0, 0.05) is 35.8 Å². The van der Waals surface area contributed by atoms with E-state index in [2.05, 4.69) is 21.1 Å². The first-order valence-corrected chi connectivity index (χ1v) is 11.9. The van der Waals surface area contributed by atoms with E-state index < -0.39 is 16.1 Å². The molecule has 0 unspecified atom stereocenters. The number of halogens is 1. The number of benzene rings is 2. The van der Waals surface area contributed by atoms with Crippen LogP contribution in [0.5, 0.6) is 0 Å². The highest BCUT2D eigenvalue weighted by Gasteiger charge is 2.26. The Kier molecular flexibility index (Phi) is 5.60. The van der Waals surface area contributed by atoms with E-state index in [-0.39, 0.29) is 11.4 Å². The molecule has 1 fully saturated rings. The molecule has 1 saturated heterocycles. The highest BCUT2D eigenvalue weighted by molar-refractivity contribution is 7.87. The van der Waals surface area contributed by atoms with Gasteiger partial charge in [-0.3, -0.25) is 4.55 Å². The number of hydrogen-bond donors (Lipinski definition) is 3. The highest BCUT2D eigenvalue weighted by atomic mass is 32.2. The van der Waals surface area contributed by atoms with Crippen molar-refractivity contribution in [1.29, 1.82) is 0 Å². The normalized spacial score (nSPS) is 14.5. The lowest BCUT2D eigenvalue weighted by atomic mass is 10.1. The Morgan fingerprint density at radius 1 is 1.15 bits per heavy atom. The highest BCUT2D eigenvalue weighted by Crippen LogP contribution is 2.38. The predicted molar refractivity (Wildman–Crippen MR) is 128 cm³/mol. The van der Waals surface area contributed by atoms with Gasteiger partial charge >= 0.3 is 10.3 Å². The first kappa shape index (κ1) is 22.1. The lowest BCUT2D eigenvalue weighted by Crippen LogP contribution is -2.36. The summed E-state index contributed by atoms with van der Waals surface area (Å²) in [4.78, 5) is 9.53. The summed E-state index contributed by atoms with van der Waals surface area (Å²) in [5, 5.41) is 0.828. The van der Waals surface area contributed by atoms with Crippen molar-refractivity contribution in [1.82, 2.24) is 9.97 Å². The minimum atomic E-state index is -4.74. The number of nitrogens with one attached hydrogen (secondary N) is 1. The van der Waals surface area contributed by atoms with E-state index in [4.69, 9.17) is 10.5 Å². The molecule has 2 aromatic carbocycles. The number of ether oxygens (including phenoxy) is 1. The Morgan fingerprint density at radius 3 is 2.59 bits per heavy atom. The molecule has 0 saturated carbocycles. The number of rotatable bonds is 5. The summed E-state index contributed by atoms with van der Waals surface area (Å²) >= 11 is 0. The molecule has 0 aliphatic carbocycles. The number of hydrogen-bond acceptors (Lipinski definition) is 6. The summed E-state index contributed by atoms with van der Waals surface area (Å²) in [6, 6.07) is 13.4. The molecule has 0 bridgehead atoms.